The summed E-state index contributed by atoms with van der Waals surface area (Å²) in [6.45, 7) is 3.15. The van der Waals surface area contributed by atoms with Crippen LogP contribution >= 0.6 is 0 Å². The Hall–Kier alpha value is -0.500. The second kappa shape index (κ2) is 5.05. The molecule has 0 aromatic rings. The van der Waals surface area contributed by atoms with Gasteiger partial charge in [-0.05, 0) is 13.8 Å². The van der Waals surface area contributed by atoms with Gasteiger partial charge in [-0.15, -0.1) is 0 Å². The SMILES string of the molecule is CC1C(C)(OCC(F)(F)F)C(C)C1(C)OCC(F)(F)F. The minimum atomic E-state index is -4.47. The lowest BCUT2D eigenvalue weighted by Crippen LogP contribution is -2.72. The molecule has 8 heteroatoms. The van der Waals surface area contributed by atoms with Crippen molar-refractivity contribution in [2.75, 3.05) is 13.2 Å². The van der Waals surface area contributed by atoms with Crippen LogP contribution in [0, 0.1) is 11.8 Å². The van der Waals surface area contributed by atoms with Crippen molar-refractivity contribution in [2.45, 2.75) is 51.2 Å². The van der Waals surface area contributed by atoms with E-state index in [0.29, 0.717) is 0 Å². The van der Waals surface area contributed by atoms with Crippen molar-refractivity contribution >= 4 is 0 Å². The first kappa shape index (κ1) is 17.6. The van der Waals surface area contributed by atoms with E-state index in [0.717, 1.165) is 0 Å². The van der Waals surface area contributed by atoms with Crippen molar-refractivity contribution in [3.63, 3.8) is 0 Å². The van der Waals surface area contributed by atoms with Gasteiger partial charge in [0, 0.05) is 11.8 Å². The van der Waals surface area contributed by atoms with Crippen molar-refractivity contribution in [2.24, 2.45) is 11.8 Å². The smallest absolute Gasteiger partial charge is 0.365 e. The highest BCUT2D eigenvalue weighted by atomic mass is 19.4. The average Bonchev–Trinajstić information content (AvgIpc) is 2.29. The fourth-order valence-corrected chi connectivity index (χ4v) is 2.77. The lowest BCUT2D eigenvalue weighted by atomic mass is 9.53. The van der Waals surface area contributed by atoms with Crippen LogP contribution in [0.2, 0.25) is 0 Å². The maximum Gasteiger partial charge on any atom is 0.411 e. The molecule has 1 saturated carbocycles. The maximum atomic E-state index is 12.2. The standard InChI is InChI=1S/C12H18F6O2/c1-7-9(3,19-5-11(13,14)15)8(2)10(7,4)20-6-12(16,17)18/h7-8H,5-6H2,1-4H3. The quantitative estimate of drug-likeness (QED) is 0.732. The summed E-state index contributed by atoms with van der Waals surface area (Å²) in [4.78, 5) is 0. The van der Waals surface area contributed by atoms with Gasteiger partial charge in [-0.2, -0.15) is 26.3 Å². The molecule has 0 aromatic heterocycles. The molecule has 0 radical (unpaired) electrons. The van der Waals surface area contributed by atoms with Gasteiger partial charge in [-0.25, -0.2) is 0 Å². The summed E-state index contributed by atoms with van der Waals surface area (Å²) in [6.07, 6.45) is -8.94. The summed E-state index contributed by atoms with van der Waals surface area (Å²) in [5.41, 5.74) is -2.31. The highest BCUT2D eigenvalue weighted by Gasteiger charge is 2.65. The third-order valence-electron chi connectivity index (χ3n) is 4.53. The number of hydrogen-bond acceptors (Lipinski definition) is 2. The molecular weight excluding hydrogens is 290 g/mol. The van der Waals surface area contributed by atoms with Gasteiger partial charge < -0.3 is 9.47 Å². The van der Waals surface area contributed by atoms with Crippen molar-refractivity contribution in [1.82, 2.24) is 0 Å². The van der Waals surface area contributed by atoms with Crippen LogP contribution in [0.4, 0.5) is 26.3 Å². The second-order valence-electron chi connectivity index (χ2n) is 5.62. The van der Waals surface area contributed by atoms with Crippen molar-refractivity contribution in [3.8, 4) is 0 Å². The van der Waals surface area contributed by atoms with Crippen LogP contribution in [-0.2, 0) is 9.47 Å². The summed E-state index contributed by atoms with van der Waals surface area (Å²) in [7, 11) is 0. The normalized spacial score (nSPS) is 38.7. The van der Waals surface area contributed by atoms with Gasteiger partial charge in [-0.3, -0.25) is 0 Å². The zero-order valence-corrected chi connectivity index (χ0v) is 11.7. The summed E-state index contributed by atoms with van der Waals surface area (Å²) in [6, 6.07) is 0. The van der Waals surface area contributed by atoms with Gasteiger partial charge in [0.25, 0.3) is 0 Å². The van der Waals surface area contributed by atoms with Gasteiger partial charge in [0.15, 0.2) is 0 Å². The third-order valence-corrected chi connectivity index (χ3v) is 4.53. The Morgan fingerprint density at radius 2 is 1.00 bits per heavy atom. The molecule has 0 bridgehead atoms. The molecule has 0 atom stereocenters. The van der Waals surface area contributed by atoms with E-state index in [9.17, 15) is 26.3 Å². The lowest BCUT2D eigenvalue weighted by Gasteiger charge is -2.63. The Balaban J connectivity index is 2.69. The van der Waals surface area contributed by atoms with E-state index in [1.807, 2.05) is 0 Å². The molecule has 0 heterocycles. The minimum Gasteiger partial charge on any atom is -0.365 e. The number of hydrogen-bond donors (Lipinski definition) is 0. The zero-order chi connectivity index (χ0) is 16.0. The summed E-state index contributed by atoms with van der Waals surface area (Å²) in [5.74, 6) is -1.18. The maximum absolute atomic E-state index is 12.2. The number of alkyl halides is 6. The van der Waals surface area contributed by atoms with E-state index in [4.69, 9.17) is 9.47 Å². The predicted octanol–water partition coefficient (Wildman–Crippen LogP) is 3.95. The molecule has 0 aliphatic heterocycles. The molecule has 0 unspecified atom stereocenters. The zero-order valence-electron chi connectivity index (χ0n) is 11.7. The first-order valence-corrected chi connectivity index (χ1v) is 6.14. The Bertz CT molecular complexity index is 307. The fourth-order valence-electron chi connectivity index (χ4n) is 2.77. The second-order valence-corrected chi connectivity index (χ2v) is 5.62. The third kappa shape index (κ3) is 3.39. The van der Waals surface area contributed by atoms with Crippen molar-refractivity contribution < 1.29 is 35.8 Å². The summed E-state index contributed by atoms with van der Waals surface area (Å²) >= 11 is 0. The largest absolute Gasteiger partial charge is 0.411 e. The topological polar surface area (TPSA) is 18.5 Å². The molecule has 120 valence electrons. The molecule has 1 fully saturated rings. The molecule has 1 rings (SSSR count). The molecule has 0 spiro atoms. The van der Waals surface area contributed by atoms with Gasteiger partial charge in [0.1, 0.15) is 13.2 Å². The molecule has 0 aromatic carbocycles. The van der Waals surface area contributed by atoms with E-state index in [1.165, 1.54) is 27.7 Å². The fraction of sp³-hybridized carbons (Fsp3) is 1.00. The summed E-state index contributed by atoms with van der Waals surface area (Å²) in [5, 5.41) is 0. The Morgan fingerprint density at radius 1 is 0.750 bits per heavy atom. The highest BCUT2D eigenvalue weighted by Crippen LogP contribution is 2.56. The molecule has 0 amide bonds. The van der Waals surface area contributed by atoms with Gasteiger partial charge in [-0.1, -0.05) is 13.8 Å². The number of halogens is 6. The van der Waals surface area contributed by atoms with Crippen LogP contribution < -0.4 is 0 Å². The molecule has 20 heavy (non-hydrogen) atoms. The van der Waals surface area contributed by atoms with Gasteiger partial charge in [0.2, 0.25) is 0 Å². The molecule has 0 saturated heterocycles. The Labute approximate surface area is 113 Å². The Morgan fingerprint density at radius 3 is 1.20 bits per heavy atom. The number of rotatable bonds is 4. The molecule has 1 aliphatic rings. The van der Waals surface area contributed by atoms with Crippen LogP contribution in [0.1, 0.15) is 27.7 Å². The van der Waals surface area contributed by atoms with Crippen LogP contribution in [0.3, 0.4) is 0 Å². The van der Waals surface area contributed by atoms with Gasteiger partial charge >= 0.3 is 12.4 Å². The van der Waals surface area contributed by atoms with E-state index in [2.05, 4.69) is 0 Å². The van der Waals surface area contributed by atoms with E-state index in [-0.39, 0.29) is 0 Å². The Kier molecular flexibility index (Phi) is 4.43. The predicted molar refractivity (Wildman–Crippen MR) is 59.2 cm³/mol. The molecule has 2 nitrogen and oxygen atoms in total. The summed E-state index contributed by atoms with van der Waals surface area (Å²) < 4.78 is 82.9. The van der Waals surface area contributed by atoms with Crippen LogP contribution in [0.15, 0.2) is 0 Å². The average molecular weight is 308 g/mol. The first-order chi connectivity index (χ1) is 8.72. The molecule has 1 aliphatic carbocycles. The van der Waals surface area contributed by atoms with E-state index >= 15 is 0 Å². The van der Waals surface area contributed by atoms with Crippen LogP contribution in [-0.4, -0.2) is 36.8 Å². The monoisotopic (exact) mass is 308 g/mol. The van der Waals surface area contributed by atoms with E-state index < -0.39 is 48.6 Å². The number of ether oxygens (including phenoxy) is 2. The lowest BCUT2D eigenvalue weighted by molar-refractivity contribution is -0.336. The highest BCUT2D eigenvalue weighted by molar-refractivity contribution is 5.13. The molecule has 0 N–H and O–H groups in total. The molecular formula is C12H18F6O2. The first-order valence-electron chi connectivity index (χ1n) is 6.14. The van der Waals surface area contributed by atoms with Crippen LogP contribution in [0.25, 0.3) is 0 Å². The van der Waals surface area contributed by atoms with Crippen molar-refractivity contribution in [1.29, 1.82) is 0 Å². The van der Waals surface area contributed by atoms with Gasteiger partial charge in [0.05, 0.1) is 11.2 Å². The van der Waals surface area contributed by atoms with Crippen molar-refractivity contribution in [3.05, 3.63) is 0 Å². The minimum absolute atomic E-state index is 0.588. The van der Waals surface area contributed by atoms with Crippen LogP contribution in [0.5, 0.6) is 0 Å². The van der Waals surface area contributed by atoms with E-state index in [1.54, 1.807) is 0 Å².